The van der Waals surface area contributed by atoms with E-state index >= 15 is 0 Å². The van der Waals surface area contributed by atoms with E-state index in [0.29, 0.717) is 29.6 Å². The van der Waals surface area contributed by atoms with E-state index in [1.54, 1.807) is 0 Å². The smallest absolute Gasteiger partial charge is 0.302 e. The molecule has 4 aliphatic carbocycles. The number of nitrogens with zero attached hydrogens (tertiary/aromatic N) is 1. The van der Waals surface area contributed by atoms with E-state index in [2.05, 4.69) is 55.2 Å². The average Bonchev–Trinajstić information content (AvgIpc) is 3.38. The number of anilines is 1. The highest BCUT2D eigenvalue weighted by Gasteiger charge is 2.82. The van der Waals surface area contributed by atoms with Crippen LogP contribution >= 0.6 is 0 Å². The monoisotopic (exact) mass is 447 g/mol. The quantitative estimate of drug-likeness (QED) is 0.338. The van der Waals surface area contributed by atoms with E-state index < -0.39 is 0 Å². The Morgan fingerprint density at radius 2 is 1.79 bits per heavy atom. The molecule has 4 fully saturated rings. The van der Waals surface area contributed by atoms with Crippen molar-refractivity contribution in [1.82, 2.24) is 0 Å². The van der Waals surface area contributed by atoms with E-state index in [9.17, 15) is 9.59 Å². The predicted octanol–water partition coefficient (Wildman–Crippen LogP) is 5.71. The lowest BCUT2D eigenvalue weighted by atomic mass is 9.46. The van der Waals surface area contributed by atoms with Crippen LogP contribution < -0.4 is 4.90 Å². The summed E-state index contributed by atoms with van der Waals surface area (Å²) in [6.45, 7) is 8.29. The van der Waals surface area contributed by atoms with Gasteiger partial charge in [-0.05, 0) is 80.8 Å². The number of hydrogen-bond acceptors (Lipinski definition) is 4. The summed E-state index contributed by atoms with van der Waals surface area (Å²) in [5.74, 6) is 2.14. The van der Waals surface area contributed by atoms with Crippen molar-refractivity contribution in [3.05, 3.63) is 42.0 Å². The summed E-state index contributed by atoms with van der Waals surface area (Å²) in [5, 5.41) is 0. The number of piperidine rings is 1. The van der Waals surface area contributed by atoms with Crippen LogP contribution in [0.4, 0.5) is 5.69 Å². The van der Waals surface area contributed by atoms with Crippen molar-refractivity contribution < 1.29 is 14.3 Å². The van der Waals surface area contributed by atoms with Gasteiger partial charge in [0.1, 0.15) is 11.6 Å². The van der Waals surface area contributed by atoms with E-state index in [1.165, 1.54) is 24.6 Å². The van der Waals surface area contributed by atoms with Crippen LogP contribution in [0.5, 0.6) is 0 Å². The maximum Gasteiger partial charge on any atom is 0.302 e. The second-order valence-corrected chi connectivity index (χ2v) is 12.0. The summed E-state index contributed by atoms with van der Waals surface area (Å²) in [7, 11) is 0. The summed E-state index contributed by atoms with van der Waals surface area (Å²) in [5.41, 5.74) is 2.68. The Kier molecular flexibility index (Phi) is 4.52. The molecule has 1 saturated heterocycles. The Balaban J connectivity index is 1.31. The molecule has 1 aromatic rings. The standard InChI is InChI=1S/C29H37NO3/c1-18(31)29-26(30(29)21-8-6-5-7-9-21)17-25-23-11-10-20-16-22(33-19(2)32)12-14-27(20,3)24(23)13-15-28(25,29)4/h5-10,22-26H,11-17H2,1-4H3/t22-,23+,24-,25-,26+,27-,28-,29+,30?/m0/s1. The van der Waals surface area contributed by atoms with Crippen LogP contribution in [0.15, 0.2) is 42.0 Å². The number of Topliss-reactive ketones (excluding diaryl/α,β-unsaturated/α-hetero) is 1. The molecule has 176 valence electrons. The van der Waals surface area contributed by atoms with Gasteiger partial charge in [-0.1, -0.05) is 43.7 Å². The maximum absolute atomic E-state index is 13.3. The van der Waals surface area contributed by atoms with Crippen LogP contribution in [0.25, 0.3) is 0 Å². The lowest BCUT2D eigenvalue weighted by Crippen LogP contribution is -2.56. The van der Waals surface area contributed by atoms with Gasteiger partial charge in [0, 0.05) is 24.4 Å². The number of allylic oxidation sites excluding steroid dienone is 1. The molecular formula is C29H37NO3. The van der Waals surface area contributed by atoms with Gasteiger partial charge in [0.05, 0.1) is 6.04 Å². The number of esters is 1. The molecule has 0 aromatic heterocycles. The fourth-order valence-electron chi connectivity index (χ4n) is 9.49. The summed E-state index contributed by atoms with van der Waals surface area (Å²) in [6.07, 6.45) is 10.1. The molecule has 33 heavy (non-hydrogen) atoms. The molecule has 4 nitrogen and oxygen atoms in total. The highest BCUT2D eigenvalue weighted by atomic mass is 16.5. The van der Waals surface area contributed by atoms with Gasteiger partial charge in [0.15, 0.2) is 5.78 Å². The molecule has 5 aliphatic rings. The highest BCUT2D eigenvalue weighted by Crippen LogP contribution is 2.74. The van der Waals surface area contributed by atoms with Crippen molar-refractivity contribution in [2.75, 3.05) is 4.90 Å². The normalized spacial score (nSPS) is 45.2. The molecule has 4 heteroatoms. The number of benzene rings is 1. The number of rotatable bonds is 3. The first-order chi connectivity index (χ1) is 15.7. The third kappa shape index (κ3) is 2.64. The Hall–Kier alpha value is -2.10. The van der Waals surface area contributed by atoms with Gasteiger partial charge in [-0.15, -0.1) is 0 Å². The second kappa shape index (κ2) is 6.96. The molecular weight excluding hydrogens is 410 g/mol. The van der Waals surface area contributed by atoms with Gasteiger partial charge >= 0.3 is 5.97 Å². The van der Waals surface area contributed by atoms with Crippen LogP contribution in [0, 0.1) is 28.6 Å². The summed E-state index contributed by atoms with van der Waals surface area (Å²) >= 11 is 0. The molecule has 0 amide bonds. The number of ether oxygens (including phenoxy) is 1. The summed E-state index contributed by atoms with van der Waals surface area (Å²) in [6, 6.07) is 10.9. The molecule has 0 radical (unpaired) electrons. The molecule has 6 rings (SSSR count). The molecule has 1 heterocycles. The van der Waals surface area contributed by atoms with Crippen molar-refractivity contribution in [2.24, 2.45) is 28.6 Å². The first-order valence-electron chi connectivity index (χ1n) is 13.0. The molecule has 3 saturated carbocycles. The zero-order valence-corrected chi connectivity index (χ0v) is 20.5. The van der Waals surface area contributed by atoms with Crippen molar-refractivity contribution in [1.29, 1.82) is 0 Å². The molecule has 0 unspecified atom stereocenters. The average molecular weight is 448 g/mol. The lowest BCUT2D eigenvalue weighted by Gasteiger charge is -2.59. The lowest BCUT2D eigenvalue weighted by molar-refractivity contribution is -0.149. The topological polar surface area (TPSA) is 46.4 Å². The zero-order valence-electron chi connectivity index (χ0n) is 20.5. The number of hydrogen-bond donors (Lipinski definition) is 0. The Labute approximate surface area is 197 Å². The number of para-hydroxylation sites is 1. The van der Waals surface area contributed by atoms with Gasteiger partial charge in [0.25, 0.3) is 0 Å². The molecule has 1 aromatic carbocycles. The molecule has 0 spiro atoms. The Morgan fingerprint density at radius 1 is 1.03 bits per heavy atom. The zero-order chi connectivity index (χ0) is 23.2. The number of carbonyl (C=O) groups excluding carboxylic acids is 2. The minimum absolute atomic E-state index is 0.0388. The van der Waals surface area contributed by atoms with Crippen LogP contribution in [0.3, 0.4) is 0 Å². The predicted molar refractivity (Wildman–Crippen MR) is 129 cm³/mol. The van der Waals surface area contributed by atoms with Gasteiger partial charge in [-0.3, -0.25) is 9.59 Å². The molecule has 8 atom stereocenters. The SMILES string of the molecule is CC(=O)O[C@H]1CC[C@@]2(C)C(=CC[C@@H]3[C@@H]2CC[C@@]2(C)[C@H]3C[C@H]3N(c4ccccc4)[C@]32C(C)=O)C1. The maximum atomic E-state index is 13.3. The van der Waals surface area contributed by atoms with Crippen molar-refractivity contribution in [3.63, 3.8) is 0 Å². The Bertz CT molecular complexity index is 1030. The van der Waals surface area contributed by atoms with E-state index in [-0.39, 0.29) is 28.4 Å². The fourth-order valence-corrected chi connectivity index (χ4v) is 9.49. The number of carbonyl (C=O) groups is 2. The first-order valence-corrected chi connectivity index (χ1v) is 13.0. The van der Waals surface area contributed by atoms with Gasteiger partial charge < -0.3 is 9.64 Å². The van der Waals surface area contributed by atoms with E-state index in [0.717, 1.165) is 38.5 Å². The van der Waals surface area contributed by atoms with Crippen LogP contribution in [-0.4, -0.2) is 29.4 Å². The van der Waals surface area contributed by atoms with Crippen molar-refractivity contribution in [2.45, 2.75) is 90.3 Å². The number of fused-ring (bicyclic) bond motifs is 7. The van der Waals surface area contributed by atoms with Gasteiger partial charge in [-0.2, -0.15) is 0 Å². The largest absolute Gasteiger partial charge is 0.462 e. The van der Waals surface area contributed by atoms with Crippen LogP contribution in [-0.2, 0) is 14.3 Å². The number of ketones is 1. The Morgan fingerprint density at radius 3 is 2.48 bits per heavy atom. The molecule has 0 bridgehead atoms. The van der Waals surface area contributed by atoms with Crippen molar-refractivity contribution in [3.8, 4) is 0 Å². The molecule has 0 N–H and O–H groups in total. The van der Waals surface area contributed by atoms with Crippen molar-refractivity contribution >= 4 is 17.4 Å². The minimum Gasteiger partial charge on any atom is -0.462 e. The van der Waals surface area contributed by atoms with E-state index in [1.807, 2.05) is 6.92 Å². The highest BCUT2D eigenvalue weighted by molar-refractivity contribution is 6.00. The van der Waals surface area contributed by atoms with Crippen LogP contribution in [0.1, 0.15) is 72.6 Å². The second-order valence-electron chi connectivity index (χ2n) is 12.0. The minimum atomic E-state index is -0.318. The third-order valence-corrected chi connectivity index (χ3v) is 10.8. The summed E-state index contributed by atoms with van der Waals surface area (Å²) in [4.78, 5) is 27.3. The van der Waals surface area contributed by atoms with Crippen LogP contribution in [0.2, 0.25) is 0 Å². The first kappa shape index (κ1) is 21.4. The molecule has 1 aliphatic heterocycles. The van der Waals surface area contributed by atoms with Gasteiger partial charge in [0.2, 0.25) is 0 Å². The fraction of sp³-hybridized carbons (Fsp3) is 0.655. The van der Waals surface area contributed by atoms with Gasteiger partial charge in [-0.25, -0.2) is 0 Å². The van der Waals surface area contributed by atoms with E-state index in [4.69, 9.17) is 4.74 Å². The summed E-state index contributed by atoms with van der Waals surface area (Å²) < 4.78 is 5.60. The third-order valence-electron chi connectivity index (χ3n) is 10.8.